The van der Waals surface area contributed by atoms with Crippen LogP contribution in [0.2, 0.25) is 0 Å². The van der Waals surface area contributed by atoms with Crippen LogP contribution >= 0.6 is 0 Å². The molecule has 1 unspecified atom stereocenters. The van der Waals surface area contributed by atoms with Crippen molar-refractivity contribution in [3.05, 3.63) is 35.4 Å². The normalized spacial score (nSPS) is 20.1. The summed E-state index contributed by atoms with van der Waals surface area (Å²) in [5.41, 5.74) is 7.55. The minimum absolute atomic E-state index is 0.179. The summed E-state index contributed by atoms with van der Waals surface area (Å²) < 4.78 is 0. The molecule has 2 N–H and O–H groups in total. The Bertz CT molecular complexity index is 431. The summed E-state index contributed by atoms with van der Waals surface area (Å²) in [6.07, 6.45) is 5.47. The largest absolute Gasteiger partial charge is 0.336 e. The Labute approximate surface area is 115 Å². The highest BCUT2D eigenvalue weighted by molar-refractivity contribution is 5.96. The van der Waals surface area contributed by atoms with Gasteiger partial charge in [-0.15, -0.1) is 0 Å². The topological polar surface area (TPSA) is 46.3 Å². The predicted molar refractivity (Wildman–Crippen MR) is 78.2 cm³/mol. The molecule has 0 radical (unpaired) electrons. The van der Waals surface area contributed by atoms with E-state index < -0.39 is 0 Å². The van der Waals surface area contributed by atoms with Crippen LogP contribution in [-0.2, 0) is 6.42 Å². The van der Waals surface area contributed by atoms with Gasteiger partial charge in [0, 0.05) is 18.2 Å². The van der Waals surface area contributed by atoms with Gasteiger partial charge in [-0.2, -0.15) is 0 Å². The lowest BCUT2D eigenvalue weighted by Gasteiger charge is -2.28. The van der Waals surface area contributed by atoms with E-state index >= 15 is 0 Å². The molecule has 2 rings (SSSR count). The van der Waals surface area contributed by atoms with Crippen molar-refractivity contribution in [2.75, 3.05) is 13.1 Å². The van der Waals surface area contributed by atoms with Crippen LogP contribution in [0.25, 0.3) is 0 Å². The number of hydrogen-bond acceptors (Lipinski definition) is 2. The molecular formula is C16H24N2O. The van der Waals surface area contributed by atoms with Gasteiger partial charge in [0.25, 0.3) is 5.91 Å². The first kappa shape index (κ1) is 14.1. The molecule has 3 heteroatoms. The van der Waals surface area contributed by atoms with E-state index in [1.807, 2.05) is 29.2 Å². The van der Waals surface area contributed by atoms with E-state index in [0.29, 0.717) is 12.6 Å². The fourth-order valence-corrected chi connectivity index (χ4v) is 2.83. The summed E-state index contributed by atoms with van der Waals surface area (Å²) in [5.74, 6) is 0.179. The maximum Gasteiger partial charge on any atom is 0.254 e. The van der Waals surface area contributed by atoms with Crippen molar-refractivity contribution in [1.82, 2.24) is 4.90 Å². The number of likely N-dealkylation sites (tertiary alicyclic amines) is 1. The Balaban J connectivity index is 2.22. The number of benzene rings is 1. The van der Waals surface area contributed by atoms with E-state index in [1.54, 1.807) is 0 Å². The van der Waals surface area contributed by atoms with Crippen LogP contribution < -0.4 is 5.73 Å². The standard InChI is InChI=1S/C16H24N2O/c1-13-7-3-2-6-12-18(13)16(19)15-9-5-4-8-14(15)10-11-17/h4-5,8-9,13H,2-3,6-7,10-12,17H2,1H3. The van der Waals surface area contributed by atoms with Gasteiger partial charge in [0.1, 0.15) is 0 Å². The Hall–Kier alpha value is -1.35. The number of rotatable bonds is 3. The van der Waals surface area contributed by atoms with E-state index in [0.717, 1.165) is 36.9 Å². The van der Waals surface area contributed by atoms with Crippen LogP contribution in [-0.4, -0.2) is 29.9 Å². The summed E-state index contributed by atoms with van der Waals surface area (Å²) in [6, 6.07) is 8.22. The van der Waals surface area contributed by atoms with Gasteiger partial charge in [-0.25, -0.2) is 0 Å². The van der Waals surface area contributed by atoms with Gasteiger partial charge < -0.3 is 10.6 Å². The molecule has 0 bridgehead atoms. The number of carbonyl (C=O) groups excluding carboxylic acids is 1. The maximum atomic E-state index is 12.7. The van der Waals surface area contributed by atoms with E-state index in [4.69, 9.17) is 5.73 Å². The number of nitrogens with two attached hydrogens (primary N) is 1. The number of amides is 1. The number of nitrogens with zero attached hydrogens (tertiary/aromatic N) is 1. The van der Waals surface area contributed by atoms with Gasteiger partial charge in [0.15, 0.2) is 0 Å². The van der Waals surface area contributed by atoms with Crippen molar-refractivity contribution >= 4 is 5.91 Å². The first-order chi connectivity index (χ1) is 9.24. The molecule has 0 aromatic heterocycles. The lowest BCUT2D eigenvalue weighted by molar-refractivity contribution is 0.0697. The molecule has 1 aliphatic heterocycles. The number of carbonyl (C=O) groups is 1. The van der Waals surface area contributed by atoms with Crippen LogP contribution in [0.4, 0.5) is 0 Å². The molecule has 104 valence electrons. The maximum absolute atomic E-state index is 12.7. The zero-order valence-electron chi connectivity index (χ0n) is 11.8. The molecular weight excluding hydrogens is 236 g/mol. The molecule has 1 aliphatic rings. The van der Waals surface area contributed by atoms with Crippen LogP contribution in [0.1, 0.15) is 48.5 Å². The van der Waals surface area contributed by atoms with Crippen molar-refractivity contribution < 1.29 is 4.79 Å². The number of hydrogen-bond donors (Lipinski definition) is 1. The van der Waals surface area contributed by atoms with Crippen molar-refractivity contribution in [3.63, 3.8) is 0 Å². The van der Waals surface area contributed by atoms with Crippen molar-refractivity contribution in [2.24, 2.45) is 5.73 Å². The smallest absolute Gasteiger partial charge is 0.254 e. The Morgan fingerprint density at radius 1 is 1.32 bits per heavy atom. The summed E-state index contributed by atoms with van der Waals surface area (Å²) in [7, 11) is 0. The van der Waals surface area contributed by atoms with Crippen LogP contribution in [0.15, 0.2) is 24.3 Å². The van der Waals surface area contributed by atoms with Gasteiger partial charge in [0.05, 0.1) is 0 Å². The van der Waals surface area contributed by atoms with Crippen molar-refractivity contribution in [2.45, 2.75) is 45.1 Å². The highest BCUT2D eigenvalue weighted by atomic mass is 16.2. The third kappa shape index (κ3) is 3.35. The van der Waals surface area contributed by atoms with Crippen molar-refractivity contribution in [3.8, 4) is 0 Å². The highest BCUT2D eigenvalue weighted by Gasteiger charge is 2.24. The van der Waals surface area contributed by atoms with E-state index in [-0.39, 0.29) is 5.91 Å². The molecule has 0 aliphatic carbocycles. The fourth-order valence-electron chi connectivity index (χ4n) is 2.83. The van der Waals surface area contributed by atoms with Gasteiger partial charge >= 0.3 is 0 Å². The molecule has 1 atom stereocenters. The lowest BCUT2D eigenvalue weighted by Crippen LogP contribution is -2.38. The summed E-state index contributed by atoms with van der Waals surface area (Å²) in [4.78, 5) is 14.8. The first-order valence-corrected chi connectivity index (χ1v) is 7.33. The highest BCUT2D eigenvalue weighted by Crippen LogP contribution is 2.20. The van der Waals surface area contributed by atoms with E-state index in [1.165, 1.54) is 12.8 Å². The molecule has 3 nitrogen and oxygen atoms in total. The first-order valence-electron chi connectivity index (χ1n) is 7.33. The van der Waals surface area contributed by atoms with Gasteiger partial charge in [-0.3, -0.25) is 4.79 Å². The SMILES string of the molecule is CC1CCCCCN1C(=O)c1ccccc1CCN. The molecule has 0 spiro atoms. The average molecular weight is 260 g/mol. The van der Waals surface area contributed by atoms with Crippen LogP contribution in [0.5, 0.6) is 0 Å². The fraction of sp³-hybridized carbons (Fsp3) is 0.562. The van der Waals surface area contributed by atoms with E-state index in [2.05, 4.69) is 6.92 Å². The zero-order valence-corrected chi connectivity index (χ0v) is 11.8. The minimum Gasteiger partial charge on any atom is -0.336 e. The molecule has 0 saturated carbocycles. The van der Waals surface area contributed by atoms with Crippen molar-refractivity contribution in [1.29, 1.82) is 0 Å². The molecule has 1 aromatic carbocycles. The Morgan fingerprint density at radius 2 is 2.11 bits per heavy atom. The van der Waals surface area contributed by atoms with Gasteiger partial charge in [-0.1, -0.05) is 31.0 Å². The summed E-state index contributed by atoms with van der Waals surface area (Å²) >= 11 is 0. The average Bonchev–Trinajstić information content (AvgIpc) is 2.64. The second-order valence-corrected chi connectivity index (χ2v) is 5.39. The molecule has 1 heterocycles. The molecule has 1 saturated heterocycles. The van der Waals surface area contributed by atoms with E-state index in [9.17, 15) is 4.79 Å². The van der Waals surface area contributed by atoms with Gasteiger partial charge in [0.2, 0.25) is 0 Å². The Morgan fingerprint density at radius 3 is 2.89 bits per heavy atom. The summed E-state index contributed by atoms with van der Waals surface area (Å²) in [5, 5.41) is 0. The molecule has 1 amide bonds. The molecule has 1 fully saturated rings. The zero-order chi connectivity index (χ0) is 13.7. The molecule has 19 heavy (non-hydrogen) atoms. The monoisotopic (exact) mass is 260 g/mol. The van der Waals surface area contributed by atoms with Crippen LogP contribution in [0, 0.1) is 0 Å². The third-order valence-electron chi connectivity index (χ3n) is 3.98. The summed E-state index contributed by atoms with van der Waals surface area (Å²) in [6.45, 7) is 3.63. The van der Waals surface area contributed by atoms with Crippen LogP contribution in [0.3, 0.4) is 0 Å². The third-order valence-corrected chi connectivity index (χ3v) is 3.98. The predicted octanol–water partition coefficient (Wildman–Crippen LogP) is 2.59. The quantitative estimate of drug-likeness (QED) is 0.908. The lowest BCUT2D eigenvalue weighted by atomic mass is 10.0. The minimum atomic E-state index is 0.179. The Kier molecular flexibility index (Phi) is 4.97. The molecule has 1 aromatic rings. The second-order valence-electron chi connectivity index (χ2n) is 5.39. The van der Waals surface area contributed by atoms with Gasteiger partial charge in [-0.05, 0) is 44.4 Å². The second kappa shape index (κ2) is 6.71.